The first-order chi connectivity index (χ1) is 9.67. The molecule has 1 amide bonds. The summed E-state index contributed by atoms with van der Waals surface area (Å²) in [6.07, 6.45) is 1.95. The molecule has 0 bridgehead atoms. The molecule has 20 heavy (non-hydrogen) atoms. The van der Waals surface area contributed by atoms with Gasteiger partial charge >= 0.3 is 0 Å². The Labute approximate surface area is 123 Å². The number of carbonyl (C=O) groups is 1. The number of carbonyl (C=O) groups excluding carboxylic acids is 1. The molecule has 2 aliphatic rings. The average Bonchev–Trinajstić information content (AvgIpc) is 2.90. The molecule has 4 nitrogen and oxygen atoms in total. The van der Waals surface area contributed by atoms with Crippen molar-refractivity contribution in [3.8, 4) is 0 Å². The Morgan fingerprint density at radius 2 is 1.75 bits per heavy atom. The van der Waals surface area contributed by atoms with Crippen LogP contribution in [0.25, 0.3) is 0 Å². The highest BCUT2D eigenvalue weighted by molar-refractivity contribution is 6.30. The van der Waals surface area contributed by atoms with E-state index in [1.54, 1.807) is 0 Å². The summed E-state index contributed by atoms with van der Waals surface area (Å²) in [5, 5.41) is 0.691. The van der Waals surface area contributed by atoms with Crippen LogP contribution in [0.4, 0.5) is 0 Å². The van der Waals surface area contributed by atoms with Gasteiger partial charge in [0.25, 0.3) is 0 Å². The van der Waals surface area contributed by atoms with Crippen molar-refractivity contribution in [1.29, 1.82) is 0 Å². The molecule has 1 spiro atoms. The van der Waals surface area contributed by atoms with E-state index in [0.717, 1.165) is 18.4 Å². The van der Waals surface area contributed by atoms with Gasteiger partial charge in [0.15, 0.2) is 5.79 Å². The second kappa shape index (κ2) is 5.72. The third-order valence-electron chi connectivity index (χ3n) is 3.96. The lowest BCUT2D eigenvalue weighted by molar-refractivity contribution is -0.187. The van der Waals surface area contributed by atoms with Crippen LogP contribution >= 0.6 is 11.6 Å². The Hall–Kier alpha value is -1.10. The normalized spacial score (nSPS) is 21.4. The van der Waals surface area contributed by atoms with Crippen molar-refractivity contribution >= 4 is 17.5 Å². The number of benzene rings is 1. The summed E-state index contributed by atoms with van der Waals surface area (Å²) in [5.74, 6) is -0.267. The standard InChI is InChI=1S/C15H18ClNO3/c16-13-3-1-12(2-4-13)11-14(18)17-7-5-15(6-8-17)19-9-10-20-15/h1-4H,5-11H2. The predicted molar refractivity (Wildman–Crippen MR) is 75.6 cm³/mol. The van der Waals surface area contributed by atoms with Crippen molar-refractivity contribution in [2.45, 2.75) is 25.0 Å². The molecule has 0 aromatic heterocycles. The number of likely N-dealkylation sites (tertiary alicyclic amines) is 1. The zero-order chi connectivity index (χ0) is 14.0. The number of piperidine rings is 1. The second-order valence-electron chi connectivity index (χ2n) is 5.29. The molecule has 0 aliphatic carbocycles. The number of rotatable bonds is 2. The SMILES string of the molecule is O=C(Cc1ccc(Cl)cc1)N1CCC2(CC1)OCCO2. The van der Waals surface area contributed by atoms with Crippen LogP contribution in [0.1, 0.15) is 18.4 Å². The molecule has 108 valence electrons. The first-order valence-electron chi connectivity index (χ1n) is 6.97. The smallest absolute Gasteiger partial charge is 0.226 e. The molecular weight excluding hydrogens is 278 g/mol. The van der Waals surface area contributed by atoms with E-state index < -0.39 is 5.79 Å². The number of ether oxygens (including phenoxy) is 2. The Morgan fingerprint density at radius 3 is 2.35 bits per heavy atom. The molecule has 0 atom stereocenters. The highest BCUT2D eigenvalue weighted by Crippen LogP contribution is 2.31. The third kappa shape index (κ3) is 2.97. The summed E-state index contributed by atoms with van der Waals surface area (Å²) < 4.78 is 11.3. The molecule has 2 heterocycles. The number of halogens is 1. The minimum absolute atomic E-state index is 0.153. The van der Waals surface area contributed by atoms with Gasteiger partial charge in [0.2, 0.25) is 5.91 Å². The number of amides is 1. The lowest BCUT2D eigenvalue weighted by atomic mass is 10.0. The van der Waals surface area contributed by atoms with Crippen LogP contribution in [-0.2, 0) is 20.7 Å². The molecule has 0 radical (unpaired) electrons. The largest absolute Gasteiger partial charge is 0.347 e. The van der Waals surface area contributed by atoms with Crippen molar-refractivity contribution in [2.75, 3.05) is 26.3 Å². The van der Waals surface area contributed by atoms with Gasteiger partial charge in [0.1, 0.15) is 0 Å². The highest BCUT2D eigenvalue weighted by Gasteiger charge is 2.40. The van der Waals surface area contributed by atoms with Crippen molar-refractivity contribution < 1.29 is 14.3 Å². The summed E-state index contributed by atoms with van der Waals surface area (Å²) in [4.78, 5) is 14.2. The Kier molecular flexibility index (Phi) is 3.96. The van der Waals surface area contributed by atoms with Crippen LogP contribution in [0.2, 0.25) is 5.02 Å². The maximum absolute atomic E-state index is 12.3. The van der Waals surface area contributed by atoms with E-state index in [1.165, 1.54) is 0 Å². The first-order valence-corrected chi connectivity index (χ1v) is 7.35. The quantitative estimate of drug-likeness (QED) is 0.840. The number of hydrogen-bond donors (Lipinski definition) is 0. The third-order valence-corrected chi connectivity index (χ3v) is 4.21. The summed E-state index contributed by atoms with van der Waals surface area (Å²) in [7, 11) is 0. The van der Waals surface area contributed by atoms with Gasteiger partial charge in [-0.15, -0.1) is 0 Å². The molecular formula is C15H18ClNO3. The molecule has 0 unspecified atom stereocenters. The van der Waals surface area contributed by atoms with Crippen molar-refractivity contribution in [2.24, 2.45) is 0 Å². The minimum atomic E-state index is -0.420. The van der Waals surface area contributed by atoms with E-state index in [0.29, 0.717) is 37.7 Å². The Morgan fingerprint density at radius 1 is 1.15 bits per heavy atom. The molecule has 2 fully saturated rings. The van der Waals surface area contributed by atoms with Gasteiger partial charge in [-0.2, -0.15) is 0 Å². The fourth-order valence-electron chi connectivity index (χ4n) is 2.77. The van der Waals surface area contributed by atoms with E-state index in [4.69, 9.17) is 21.1 Å². The molecule has 1 aromatic rings. The van der Waals surface area contributed by atoms with Gasteiger partial charge in [0, 0.05) is 31.0 Å². The maximum Gasteiger partial charge on any atom is 0.226 e. The number of hydrogen-bond acceptors (Lipinski definition) is 3. The topological polar surface area (TPSA) is 38.8 Å². The van der Waals surface area contributed by atoms with Crippen LogP contribution in [0.3, 0.4) is 0 Å². The van der Waals surface area contributed by atoms with Crippen molar-refractivity contribution in [3.05, 3.63) is 34.9 Å². The molecule has 0 saturated carbocycles. The van der Waals surface area contributed by atoms with Gasteiger partial charge in [-0.3, -0.25) is 4.79 Å². The van der Waals surface area contributed by atoms with Crippen LogP contribution < -0.4 is 0 Å². The van der Waals surface area contributed by atoms with Gasteiger partial charge in [0.05, 0.1) is 19.6 Å². The minimum Gasteiger partial charge on any atom is -0.347 e. The summed E-state index contributed by atoms with van der Waals surface area (Å²) in [6, 6.07) is 7.43. The van der Waals surface area contributed by atoms with E-state index in [2.05, 4.69) is 0 Å². The predicted octanol–water partition coefficient (Wildman–Crippen LogP) is 2.25. The Bertz CT molecular complexity index is 472. The first kappa shape index (κ1) is 13.9. The van der Waals surface area contributed by atoms with Gasteiger partial charge < -0.3 is 14.4 Å². The maximum atomic E-state index is 12.3. The second-order valence-corrected chi connectivity index (χ2v) is 5.73. The molecule has 1 aromatic carbocycles. The van der Waals surface area contributed by atoms with Gasteiger partial charge in [-0.05, 0) is 17.7 Å². The number of nitrogens with zero attached hydrogens (tertiary/aromatic N) is 1. The zero-order valence-corrected chi connectivity index (χ0v) is 12.1. The lowest BCUT2D eigenvalue weighted by Gasteiger charge is -2.37. The van der Waals surface area contributed by atoms with E-state index in [-0.39, 0.29) is 5.91 Å². The van der Waals surface area contributed by atoms with E-state index in [9.17, 15) is 4.79 Å². The van der Waals surface area contributed by atoms with Gasteiger partial charge in [-0.1, -0.05) is 23.7 Å². The van der Waals surface area contributed by atoms with E-state index in [1.807, 2.05) is 29.2 Å². The summed E-state index contributed by atoms with van der Waals surface area (Å²) >= 11 is 5.84. The molecule has 2 aliphatic heterocycles. The fraction of sp³-hybridized carbons (Fsp3) is 0.533. The van der Waals surface area contributed by atoms with Crippen LogP contribution in [-0.4, -0.2) is 42.9 Å². The van der Waals surface area contributed by atoms with Crippen molar-refractivity contribution in [1.82, 2.24) is 4.90 Å². The highest BCUT2D eigenvalue weighted by atomic mass is 35.5. The Balaban J connectivity index is 1.55. The monoisotopic (exact) mass is 295 g/mol. The summed E-state index contributed by atoms with van der Waals surface area (Å²) in [6.45, 7) is 2.73. The van der Waals surface area contributed by atoms with Crippen LogP contribution in [0.5, 0.6) is 0 Å². The molecule has 5 heteroatoms. The van der Waals surface area contributed by atoms with Crippen LogP contribution in [0, 0.1) is 0 Å². The van der Waals surface area contributed by atoms with E-state index >= 15 is 0 Å². The summed E-state index contributed by atoms with van der Waals surface area (Å²) in [5.41, 5.74) is 0.994. The molecule has 2 saturated heterocycles. The van der Waals surface area contributed by atoms with Crippen molar-refractivity contribution in [3.63, 3.8) is 0 Å². The molecule has 3 rings (SSSR count). The zero-order valence-electron chi connectivity index (χ0n) is 11.3. The fourth-order valence-corrected chi connectivity index (χ4v) is 2.90. The lowest BCUT2D eigenvalue weighted by Crippen LogP contribution is -2.47. The van der Waals surface area contributed by atoms with Crippen LogP contribution in [0.15, 0.2) is 24.3 Å². The average molecular weight is 296 g/mol. The van der Waals surface area contributed by atoms with Gasteiger partial charge in [-0.25, -0.2) is 0 Å². The molecule has 0 N–H and O–H groups in total.